The summed E-state index contributed by atoms with van der Waals surface area (Å²) in [6.45, 7) is 2.89. The average molecular weight is 253 g/mol. The van der Waals surface area contributed by atoms with E-state index in [9.17, 15) is 14.0 Å². The van der Waals surface area contributed by atoms with Crippen LogP contribution in [0.25, 0.3) is 0 Å². The van der Waals surface area contributed by atoms with Gasteiger partial charge in [-0.2, -0.15) is 0 Å². The van der Waals surface area contributed by atoms with Gasteiger partial charge in [0.25, 0.3) is 5.91 Å². The van der Waals surface area contributed by atoms with Crippen molar-refractivity contribution in [2.45, 2.75) is 26.0 Å². The predicted molar refractivity (Wildman–Crippen MR) is 61.1 cm³/mol. The summed E-state index contributed by atoms with van der Waals surface area (Å²) >= 11 is 0. The summed E-state index contributed by atoms with van der Waals surface area (Å²) in [7, 11) is 0. The van der Waals surface area contributed by atoms with Gasteiger partial charge in [0, 0.05) is 6.07 Å². The number of carbonyl (C=O) groups is 2. The number of anilines is 1. The van der Waals surface area contributed by atoms with Crippen LogP contribution in [0.15, 0.2) is 18.2 Å². The quantitative estimate of drug-likeness (QED) is 0.865. The first-order valence-corrected chi connectivity index (χ1v) is 5.44. The van der Waals surface area contributed by atoms with Crippen LogP contribution >= 0.6 is 0 Å². The predicted octanol–water partition coefficient (Wildman–Crippen LogP) is 1.41. The van der Waals surface area contributed by atoms with Gasteiger partial charge in [-0.3, -0.25) is 9.69 Å². The van der Waals surface area contributed by atoms with E-state index in [-0.39, 0.29) is 5.69 Å². The summed E-state index contributed by atoms with van der Waals surface area (Å²) in [5, 5.41) is 9.00. The van der Waals surface area contributed by atoms with Gasteiger partial charge in [-0.25, -0.2) is 9.18 Å². The van der Waals surface area contributed by atoms with Crippen LogP contribution in [0.4, 0.5) is 10.1 Å². The highest BCUT2D eigenvalue weighted by atomic mass is 19.1. The molecule has 0 fully saturated rings. The molecule has 0 aliphatic carbocycles. The SMILES string of the molecule is CC1Oc2ccc(F)cc2N(C(C)C(=O)O)C1=O. The lowest BCUT2D eigenvalue weighted by Gasteiger charge is -2.35. The molecule has 5 nitrogen and oxygen atoms in total. The zero-order valence-corrected chi connectivity index (χ0v) is 9.88. The molecule has 2 unspecified atom stereocenters. The molecule has 1 aromatic carbocycles. The third-order valence-electron chi connectivity index (χ3n) is 2.81. The lowest BCUT2D eigenvalue weighted by Crippen LogP contribution is -2.51. The van der Waals surface area contributed by atoms with E-state index < -0.39 is 29.8 Å². The second kappa shape index (κ2) is 4.29. The summed E-state index contributed by atoms with van der Waals surface area (Å²) in [6.07, 6.45) is -0.787. The van der Waals surface area contributed by atoms with Crippen molar-refractivity contribution < 1.29 is 23.8 Å². The van der Waals surface area contributed by atoms with Crippen LogP contribution < -0.4 is 9.64 Å². The summed E-state index contributed by atoms with van der Waals surface area (Å²) in [5.41, 5.74) is 0.146. The summed E-state index contributed by atoms with van der Waals surface area (Å²) in [5.74, 6) is -1.91. The molecule has 1 aliphatic heterocycles. The first kappa shape index (κ1) is 12.3. The molecule has 2 atom stereocenters. The summed E-state index contributed by atoms with van der Waals surface area (Å²) < 4.78 is 18.5. The van der Waals surface area contributed by atoms with Gasteiger partial charge in [-0.1, -0.05) is 0 Å². The number of carboxylic acids is 1. The Labute approximate surface area is 103 Å². The molecule has 0 bridgehead atoms. The topological polar surface area (TPSA) is 66.8 Å². The lowest BCUT2D eigenvalue weighted by molar-refractivity contribution is -0.140. The number of carboxylic acid groups (broad SMARTS) is 1. The van der Waals surface area contributed by atoms with Crippen LogP contribution in [-0.2, 0) is 9.59 Å². The van der Waals surface area contributed by atoms with E-state index in [2.05, 4.69) is 0 Å². The second-order valence-electron chi connectivity index (χ2n) is 4.09. The molecule has 0 spiro atoms. The third kappa shape index (κ3) is 1.90. The van der Waals surface area contributed by atoms with Crippen LogP contribution in [0, 0.1) is 5.82 Å². The van der Waals surface area contributed by atoms with E-state index in [0.717, 1.165) is 11.0 Å². The molecule has 0 radical (unpaired) electrons. The Morgan fingerprint density at radius 3 is 2.83 bits per heavy atom. The van der Waals surface area contributed by atoms with Gasteiger partial charge in [0.15, 0.2) is 6.10 Å². The molecule has 1 N–H and O–H groups in total. The van der Waals surface area contributed by atoms with Crippen molar-refractivity contribution >= 4 is 17.6 Å². The minimum Gasteiger partial charge on any atom is -0.480 e. The fraction of sp³-hybridized carbons (Fsp3) is 0.333. The number of hydrogen-bond donors (Lipinski definition) is 1. The van der Waals surface area contributed by atoms with Gasteiger partial charge < -0.3 is 9.84 Å². The Hall–Kier alpha value is -2.11. The minimum atomic E-state index is -1.16. The van der Waals surface area contributed by atoms with Gasteiger partial charge in [-0.15, -0.1) is 0 Å². The van der Waals surface area contributed by atoms with Crippen LogP contribution in [0.1, 0.15) is 13.8 Å². The average Bonchev–Trinajstić information content (AvgIpc) is 2.31. The second-order valence-corrected chi connectivity index (χ2v) is 4.09. The molecule has 1 aromatic rings. The number of carbonyl (C=O) groups excluding carboxylic acids is 1. The van der Waals surface area contributed by atoms with Crippen LogP contribution in [0.2, 0.25) is 0 Å². The highest BCUT2D eigenvalue weighted by molar-refractivity contribution is 6.03. The minimum absolute atomic E-state index is 0.146. The maximum absolute atomic E-state index is 13.2. The van der Waals surface area contributed by atoms with Crippen LogP contribution in [-0.4, -0.2) is 29.1 Å². The van der Waals surface area contributed by atoms with Gasteiger partial charge in [-0.05, 0) is 26.0 Å². The monoisotopic (exact) mass is 253 g/mol. The lowest BCUT2D eigenvalue weighted by atomic mass is 10.1. The zero-order chi connectivity index (χ0) is 13.4. The van der Waals surface area contributed by atoms with E-state index in [4.69, 9.17) is 9.84 Å². The van der Waals surface area contributed by atoms with Crippen molar-refractivity contribution in [2.24, 2.45) is 0 Å². The number of hydrogen-bond acceptors (Lipinski definition) is 3. The first-order valence-electron chi connectivity index (χ1n) is 5.44. The Morgan fingerprint density at radius 1 is 1.56 bits per heavy atom. The fourth-order valence-corrected chi connectivity index (χ4v) is 1.84. The maximum atomic E-state index is 13.2. The van der Waals surface area contributed by atoms with Crippen LogP contribution in [0.5, 0.6) is 5.75 Å². The largest absolute Gasteiger partial charge is 0.480 e. The molecular weight excluding hydrogens is 241 g/mol. The van der Waals surface area contributed by atoms with E-state index in [1.165, 1.54) is 26.0 Å². The molecule has 2 rings (SSSR count). The molecule has 96 valence electrons. The number of ether oxygens (including phenoxy) is 1. The Morgan fingerprint density at radius 2 is 2.22 bits per heavy atom. The van der Waals surface area contributed by atoms with E-state index in [0.29, 0.717) is 5.75 Å². The standard InChI is InChI=1S/C12H12FNO4/c1-6(12(16)17)14-9-5-8(13)3-4-10(9)18-7(2)11(14)15/h3-7H,1-2H3,(H,16,17). The van der Waals surface area contributed by atoms with Crippen molar-refractivity contribution in [1.29, 1.82) is 0 Å². The number of fused-ring (bicyclic) bond motifs is 1. The number of amides is 1. The first-order chi connectivity index (χ1) is 8.41. The molecular formula is C12H12FNO4. The maximum Gasteiger partial charge on any atom is 0.326 e. The molecule has 0 saturated carbocycles. The highest BCUT2D eigenvalue weighted by Gasteiger charge is 2.37. The molecule has 0 aromatic heterocycles. The van der Waals surface area contributed by atoms with Crippen molar-refractivity contribution in [3.05, 3.63) is 24.0 Å². The van der Waals surface area contributed by atoms with Crippen LogP contribution in [0.3, 0.4) is 0 Å². The molecule has 0 saturated heterocycles. The smallest absolute Gasteiger partial charge is 0.326 e. The molecule has 1 heterocycles. The van der Waals surface area contributed by atoms with Gasteiger partial charge in [0.2, 0.25) is 0 Å². The number of nitrogens with zero attached hydrogens (tertiary/aromatic N) is 1. The number of benzene rings is 1. The third-order valence-corrected chi connectivity index (χ3v) is 2.81. The zero-order valence-electron chi connectivity index (χ0n) is 9.88. The van der Waals surface area contributed by atoms with Crippen molar-refractivity contribution in [1.82, 2.24) is 0 Å². The number of aliphatic carboxylic acids is 1. The summed E-state index contributed by atoms with van der Waals surface area (Å²) in [4.78, 5) is 24.0. The van der Waals surface area contributed by atoms with E-state index >= 15 is 0 Å². The molecule has 1 aliphatic rings. The van der Waals surface area contributed by atoms with E-state index in [1.807, 2.05) is 0 Å². The Balaban J connectivity index is 2.54. The number of rotatable bonds is 2. The van der Waals surface area contributed by atoms with Crippen molar-refractivity contribution in [2.75, 3.05) is 4.90 Å². The Bertz CT molecular complexity index is 517. The highest BCUT2D eigenvalue weighted by Crippen LogP contribution is 2.35. The summed E-state index contributed by atoms with van der Waals surface area (Å²) in [6, 6.07) is 2.60. The van der Waals surface area contributed by atoms with Crippen molar-refractivity contribution in [3.8, 4) is 5.75 Å². The van der Waals surface area contributed by atoms with Gasteiger partial charge in [0.1, 0.15) is 17.6 Å². The van der Waals surface area contributed by atoms with Gasteiger partial charge >= 0.3 is 5.97 Å². The molecule has 18 heavy (non-hydrogen) atoms. The number of halogens is 1. The fourth-order valence-electron chi connectivity index (χ4n) is 1.84. The normalized spacial score (nSPS) is 20.1. The molecule has 1 amide bonds. The van der Waals surface area contributed by atoms with Gasteiger partial charge in [0.05, 0.1) is 5.69 Å². The van der Waals surface area contributed by atoms with Crippen molar-refractivity contribution in [3.63, 3.8) is 0 Å². The molecule has 6 heteroatoms. The van der Waals surface area contributed by atoms with E-state index in [1.54, 1.807) is 0 Å². The Kier molecular flexibility index (Phi) is 2.94.